The van der Waals surface area contributed by atoms with Crippen LogP contribution >= 0.6 is 0 Å². The Morgan fingerprint density at radius 3 is 2.84 bits per heavy atom. The molecule has 0 saturated carbocycles. The molecular weight excluding hydrogens is 246 g/mol. The minimum absolute atomic E-state index is 0.373. The van der Waals surface area contributed by atoms with Crippen molar-refractivity contribution >= 4 is 0 Å². The third-order valence-corrected chi connectivity index (χ3v) is 2.86. The van der Waals surface area contributed by atoms with Gasteiger partial charge in [-0.3, -0.25) is 19.4 Å². The van der Waals surface area contributed by atoms with Crippen LogP contribution in [0.1, 0.15) is 12.6 Å². The summed E-state index contributed by atoms with van der Waals surface area (Å²) < 4.78 is 1.85. The maximum Gasteiger partial charge on any atom is 0.325 e. The Kier molecular flexibility index (Phi) is 4.30. The highest BCUT2D eigenvalue weighted by atomic mass is 16.2. The number of likely N-dealkylation sites (N-methyl/N-ethyl adjacent to an activating group) is 1. The number of H-pyrrole nitrogens is 2. The summed E-state index contributed by atoms with van der Waals surface area (Å²) in [6.45, 7) is 4.97. The molecule has 19 heavy (non-hydrogen) atoms. The van der Waals surface area contributed by atoms with Gasteiger partial charge in [0.25, 0.3) is 5.56 Å². The number of nitrogens with one attached hydrogen (secondary N) is 2. The number of nitrogens with zero attached hydrogens (tertiary/aromatic N) is 3. The minimum Gasteiger partial charge on any atom is -0.310 e. The lowest BCUT2D eigenvalue weighted by Gasteiger charge is -2.19. The van der Waals surface area contributed by atoms with E-state index >= 15 is 0 Å². The number of hydrogen-bond acceptors (Lipinski definition) is 4. The lowest BCUT2D eigenvalue weighted by Crippen LogP contribution is -2.30. The predicted molar refractivity (Wildman–Crippen MR) is 70.9 cm³/mol. The number of rotatable bonds is 6. The van der Waals surface area contributed by atoms with Crippen LogP contribution in [-0.4, -0.2) is 37.7 Å². The second kappa shape index (κ2) is 6.14. The van der Waals surface area contributed by atoms with Crippen molar-refractivity contribution < 1.29 is 0 Å². The third-order valence-electron chi connectivity index (χ3n) is 2.86. The molecule has 0 saturated heterocycles. The fraction of sp³-hybridized carbons (Fsp3) is 0.417. The van der Waals surface area contributed by atoms with Crippen LogP contribution in [0, 0.1) is 0 Å². The largest absolute Gasteiger partial charge is 0.325 e. The Balaban J connectivity index is 1.98. The molecule has 0 unspecified atom stereocenters. The van der Waals surface area contributed by atoms with Gasteiger partial charge >= 0.3 is 5.69 Å². The van der Waals surface area contributed by atoms with Crippen molar-refractivity contribution in [1.82, 2.24) is 24.6 Å². The van der Waals surface area contributed by atoms with Gasteiger partial charge in [-0.25, -0.2) is 4.79 Å². The van der Waals surface area contributed by atoms with E-state index in [0.29, 0.717) is 12.2 Å². The quantitative estimate of drug-likeness (QED) is 0.754. The molecule has 0 bridgehead atoms. The second-order valence-corrected chi connectivity index (χ2v) is 4.25. The number of hydrogen-bond donors (Lipinski definition) is 2. The van der Waals surface area contributed by atoms with Crippen LogP contribution in [0.25, 0.3) is 0 Å². The van der Waals surface area contributed by atoms with E-state index in [4.69, 9.17) is 0 Å². The first-order valence-corrected chi connectivity index (χ1v) is 6.19. The normalized spacial score (nSPS) is 11.1. The Morgan fingerprint density at radius 2 is 2.21 bits per heavy atom. The molecule has 0 amide bonds. The van der Waals surface area contributed by atoms with E-state index in [1.165, 1.54) is 6.07 Å². The lowest BCUT2D eigenvalue weighted by atomic mass is 10.3. The average molecular weight is 263 g/mol. The zero-order chi connectivity index (χ0) is 13.7. The first-order chi connectivity index (χ1) is 9.17. The van der Waals surface area contributed by atoms with E-state index in [0.717, 1.165) is 19.6 Å². The molecule has 0 aliphatic heterocycles. The molecule has 0 spiro atoms. The Labute approximate surface area is 109 Å². The first-order valence-electron chi connectivity index (χ1n) is 6.19. The number of aromatic nitrogens is 4. The summed E-state index contributed by atoms with van der Waals surface area (Å²) in [5.41, 5.74) is -0.219. The van der Waals surface area contributed by atoms with Crippen molar-refractivity contribution in [3.8, 4) is 0 Å². The molecule has 2 heterocycles. The maximum atomic E-state index is 11.2. The van der Waals surface area contributed by atoms with Crippen molar-refractivity contribution in [2.45, 2.75) is 20.0 Å². The zero-order valence-corrected chi connectivity index (χ0v) is 10.8. The SMILES string of the molecule is CCN(CCn1cccn1)Cc1cc(=O)[nH]c(=O)[nH]1. The molecule has 0 aromatic carbocycles. The van der Waals surface area contributed by atoms with Crippen LogP contribution < -0.4 is 11.2 Å². The molecule has 0 aliphatic rings. The second-order valence-electron chi connectivity index (χ2n) is 4.25. The summed E-state index contributed by atoms with van der Waals surface area (Å²) in [7, 11) is 0. The van der Waals surface area contributed by atoms with Gasteiger partial charge in [-0.05, 0) is 12.6 Å². The molecule has 2 aromatic heterocycles. The highest BCUT2D eigenvalue weighted by Gasteiger charge is 2.05. The molecule has 0 atom stereocenters. The van der Waals surface area contributed by atoms with Crippen molar-refractivity contribution in [1.29, 1.82) is 0 Å². The van der Waals surface area contributed by atoms with E-state index in [2.05, 4.69) is 20.0 Å². The molecule has 0 fully saturated rings. The Hall–Kier alpha value is -2.15. The summed E-state index contributed by atoms with van der Waals surface area (Å²) in [5, 5.41) is 4.13. The average Bonchev–Trinajstić information content (AvgIpc) is 2.86. The summed E-state index contributed by atoms with van der Waals surface area (Å²) in [5.74, 6) is 0. The molecule has 2 rings (SSSR count). The summed E-state index contributed by atoms with van der Waals surface area (Å²) in [4.78, 5) is 29.3. The smallest absolute Gasteiger partial charge is 0.310 e. The van der Waals surface area contributed by atoms with Crippen LogP contribution in [0.5, 0.6) is 0 Å². The van der Waals surface area contributed by atoms with Crippen molar-refractivity contribution in [3.63, 3.8) is 0 Å². The minimum atomic E-state index is -0.467. The van der Waals surface area contributed by atoms with Crippen LogP contribution in [0.3, 0.4) is 0 Å². The van der Waals surface area contributed by atoms with E-state index in [1.807, 2.05) is 23.9 Å². The van der Waals surface area contributed by atoms with Gasteiger partial charge in [0, 0.05) is 37.2 Å². The molecule has 0 aliphatic carbocycles. The summed E-state index contributed by atoms with van der Waals surface area (Å²) in [6, 6.07) is 3.29. The predicted octanol–water partition coefficient (Wildman–Crippen LogP) is -0.218. The van der Waals surface area contributed by atoms with E-state index in [9.17, 15) is 9.59 Å². The van der Waals surface area contributed by atoms with Gasteiger partial charge < -0.3 is 4.98 Å². The van der Waals surface area contributed by atoms with Gasteiger partial charge in [0.2, 0.25) is 0 Å². The van der Waals surface area contributed by atoms with Crippen LogP contribution in [-0.2, 0) is 13.1 Å². The van der Waals surface area contributed by atoms with E-state index in [1.54, 1.807) is 6.20 Å². The molecule has 2 N–H and O–H groups in total. The van der Waals surface area contributed by atoms with Crippen molar-refractivity contribution in [2.75, 3.05) is 13.1 Å². The zero-order valence-electron chi connectivity index (χ0n) is 10.8. The van der Waals surface area contributed by atoms with Crippen molar-refractivity contribution in [2.24, 2.45) is 0 Å². The third kappa shape index (κ3) is 3.92. The summed E-state index contributed by atoms with van der Waals surface area (Å²) >= 11 is 0. The topological polar surface area (TPSA) is 86.8 Å². The molecule has 7 nitrogen and oxygen atoms in total. The van der Waals surface area contributed by atoms with Gasteiger partial charge in [0.15, 0.2) is 0 Å². The van der Waals surface area contributed by atoms with Crippen LogP contribution in [0.2, 0.25) is 0 Å². The highest BCUT2D eigenvalue weighted by Crippen LogP contribution is 1.98. The standard InChI is InChI=1S/C12H17N5O2/c1-2-16(6-7-17-5-3-4-13-17)9-10-8-11(18)15-12(19)14-10/h3-5,8H,2,6-7,9H2,1H3,(H2,14,15,18,19). The van der Waals surface area contributed by atoms with Gasteiger partial charge in [-0.1, -0.05) is 6.92 Å². The Bertz CT molecular complexity index is 585. The first kappa shape index (κ1) is 13.3. The summed E-state index contributed by atoms with van der Waals surface area (Å²) in [6.07, 6.45) is 3.65. The fourth-order valence-corrected chi connectivity index (χ4v) is 1.87. The lowest BCUT2D eigenvalue weighted by molar-refractivity contribution is 0.260. The van der Waals surface area contributed by atoms with Gasteiger partial charge in [-0.15, -0.1) is 0 Å². The monoisotopic (exact) mass is 263 g/mol. The van der Waals surface area contributed by atoms with Gasteiger partial charge in [0.1, 0.15) is 0 Å². The number of aromatic amines is 2. The maximum absolute atomic E-state index is 11.2. The van der Waals surface area contributed by atoms with Crippen molar-refractivity contribution in [3.05, 3.63) is 51.1 Å². The molecule has 102 valence electrons. The Morgan fingerprint density at radius 1 is 1.37 bits per heavy atom. The van der Waals surface area contributed by atoms with Crippen LogP contribution in [0.15, 0.2) is 34.1 Å². The fourth-order valence-electron chi connectivity index (χ4n) is 1.87. The van der Waals surface area contributed by atoms with E-state index in [-0.39, 0.29) is 5.56 Å². The van der Waals surface area contributed by atoms with E-state index < -0.39 is 5.69 Å². The van der Waals surface area contributed by atoms with Crippen LogP contribution in [0.4, 0.5) is 0 Å². The molecule has 7 heteroatoms. The highest BCUT2D eigenvalue weighted by molar-refractivity contribution is 4.98. The molecule has 2 aromatic rings. The van der Waals surface area contributed by atoms with Gasteiger partial charge in [-0.2, -0.15) is 5.10 Å². The molecule has 0 radical (unpaired) electrons. The molecular formula is C12H17N5O2. The van der Waals surface area contributed by atoms with Gasteiger partial charge in [0.05, 0.1) is 6.54 Å².